The molecule has 0 aromatic carbocycles. The molecule has 3 N–H and O–H groups in total. The van der Waals surface area contributed by atoms with Crippen molar-refractivity contribution in [1.29, 1.82) is 0 Å². The van der Waals surface area contributed by atoms with Gasteiger partial charge in [0.1, 0.15) is 11.9 Å². The van der Waals surface area contributed by atoms with Gasteiger partial charge in [-0.25, -0.2) is 0 Å². The van der Waals surface area contributed by atoms with Gasteiger partial charge in [-0.15, -0.1) is 0 Å². The van der Waals surface area contributed by atoms with Crippen LogP contribution in [0.4, 0.5) is 5.82 Å². The molecule has 2 atom stereocenters. The Morgan fingerprint density at radius 2 is 2.44 bits per heavy atom. The molecule has 2 rings (SSSR count). The number of aliphatic imine (C=N–C) groups is 1. The maximum absolute atomic E-state index is 9.94. The summed E-state index contributed by atoms with van der Waals surface area (Å²) in [6.07, 6.45) is 4.92. The minimum absolute atomic E-state index is 0.222. The second-order valence-corrected chi connectivity index (χ2v) is 4.71. The van der Waals surface area contributed by atoms with Crippen molar-refractivity contribution in [3.63, 3.8) is 0 Å². The molecule has 100 valence electrons. The lowest BCUT2D eigenvalue weighted by atomic mass is 10.0. The molecular weight excluding hydrogens is 230 g/mol. The molecule has 0 aliphatic carbocycles. The van der Waals surface area contributed by atoms with Gasteiger partial charge in [-0.2, -0.15) is 0 Å². The first-order chi connectivity index (χ1) is 8.76. The van der Waals surface area contributed by atoms with Gasteiger partial charge in [-0.05, 0) is 18.4 Å². The molecule has 2 heterocycles. The molecule has 1 aliphatic rings. The highest BCUT2D eigenvalue weighted by atomic mass is 16.3. The highest BCUT2D eigenvalue weighted by molar-refractivity contribution is 5.77. The predicted molar refractivity (Wildman–Crippen MR) is 71.9 cm³/mol. The average Bonchev–Trinajstić information content (AvgIpc) is 2.67. The van der Waals surface area contributed by atoms with Crippen LogP contribution in [0.25, 0.3) is 0 Å². The summed E-state index contributed by atoms with van der Waals surface area (Å²) in [4.78, 5) is 4.08. The van der Waals surface area contributed by atoms with E-state index in [0.717, 1.165) is 30.8 Å². The fraction of sp³-hybridized carbons (Fsp3) is 0.615. The summed E-state index contributed by atoms with van der Waals surface area (Å²) in [7, 11) is 0. The zero-order chi connectivity index (χ0) is 13.0. The van der Waals surface area contributed by atoms with E-state index in [0.29, 0.717) is 12.5 Å². The first-order valence-electron chi connectivity index (χ1n) is 6.49. The van der Waals surface area contributed by atoms with Crippen molar-refractivity contribution in [3.8, 4) is 0 Å². The maximum atomic E-state index is 9.94. The molecule has 1 unspecified atom stereocenters. The Balaban J connectivity index is 2.17. The van der Waals surface area contributed by atoms with Crippen molar-refractivity contribution in [2.45, 2.75) is 32.4 Å². The highest BCUT2D eigenvalue weighted by Crippen LogP contribution is 2.27. The topological polar surface area (TPSA) is 69.8 Å². The molecular formula is C13H21N3O2. The molecule has 0 saturated carbocycles. The van der Waals surface area contributed by atoms with Gasteiger partial charge in [0.2, 0.25) is 0 Å². The van der Waals surface area contributed by atoms with E-state index in [-0.39, 0.29) is 6.61 Å². The van der Waals surface area contributed by atoms with Crippen molar-refractivity contribution < 1.29 is 10.2 Å². The summed E-state index contributed by atoms with van der Waals surface area (Å²) in [6.45, 7) is 3.60. The van der Waals surface area contributed by atoms with E-state index in [9.17, 15) is 5.11 Å². The van der Waals surface area contributed by atoms with E-state index >= 15 is 0 Å². The van der Waals surface area contributed by atoms with E-state index in [2.05, 4.69) is 21.8 Å². The number of nitrogens with one attached hydrogen (secondary N) is 1. The van der Waals surface area contributed by atoms with E-state index in [1.807, 2.05) is 12.3 Å². The summed E-state index contributed by atoms with van der Waals surface area (Å²) < 4.78 is 2.10. The van der Waals surface area contributed by atoms with Crippen molar-refractivity contribution >= 4 is 12.2 Å². The Morgan fingerprint density at radius 1 is 1.61 bits per heavy atom. The fourth-order valence-electron chi connectivity index (χ4n) is 2.32. The number of aliphatic hydroxyl groups is 2. The summed E-state index contributed by atoms with van der Waals surface area (Å²) in [5.74, 6) is 1.37. The van der Waals surface area contributed by atoms with Gasteiger partial charge in [-0.1, -0.05) is 13.3 Å². The monoisotopic (exact) mass is 251 g/mol. The van der Waals surface area contributed by atoms with Crippen LogP contribution in [0.15, 0.2) is 17.3 Å². The van der Waals surface area contributed by atoms with Crippen LogP contribution in [-0.4, -0.2) is 34.3 Å². The van der Waals surface area contributed by atoms with Crippen LogP contribution < -0.4 is 5.32 Å². The molecule has 18 heavy (non-hydrogen) atoms. The van der Waals surface area contributed by atoms with E-state index < -0.39 is 6.10 Å². The summed E-state index contributed by atoms with van der Waals surface area (Å²) in [5, 5.41) is 22.1. The number of hydrogen-bond acceptors (Lipinski definition) is 4. The lowest BCUT2D eigenvalue weighted by molar-refractivity contribution is 0.188. The second kappa shape index (κ2) is 6.02. The van der Waals surface area contributed by atoms with Crippen molar-refractivity contribution in [1.82, 2.24) is 4.57 Å². The molecule has 1 aliphatic heterocycles. The van der Waals surface area contributed by atoms with Gasteiger partial charge in [0.05, 0.1) is 12.9 Å². The van der Waals surface area contributed by atoms with Crippen LogP contribution in [0, 0.1) is 5.92 Å². The standard InChI is InChI=1S/C13H21N3O2/c1-2-10(4-6-17)8-16-5-3-11-12(18)7-14-9-15-13(11)16/h3,5,9-10,12,17-18H,2,4,6-8H2,1H3,(H,14,15)/t10-,12?/m1/s1. The van der Waals surface area contributed by atoms with Gasteiger partial charge in [0.15, 0.2) is 0 Å². The Labute approximate surface area is 107 Å². The van der Waals surface area contributed by atoms with Gasteiger partial charge >= 0.3 is 0 Å². The number of rotatable bonds is 5. The Kier molecular flexibility index (Phi) is 4.38. The third-order valence-electron chi connectivity index (χ3n) is 3.49. The third-order valence-corrected chi connectivity index (χ3v) is 3.49. The Hall–Kier alpha value is -1.33. The molecule has 0 fully saturated rings. The first kappa shape index (κ1) is 13.1. The number of anilines is 1. The van der Waals surface area contributed by atoms with Crippen LogP contribution in [0.3, 0.4) is 0 Å². The lowest BCUT2D eigenvalue weighted by Gasteiger charge is -2.17. The second-order valence-electron chi connectivity index (χ2n) is 4.71. The Morgan fingerprint density at radius 3 is 3.17 bits per heavy atom. The summed E-state index contributed by atoms with van der Waals surface area (Å²) in [5.41, 5.74) is 0.895. The van der Waals surface area contributed by atoms with Crippen molar-refractivity contribution in [2.24, 2.45) is 10.9 Å². The summed E-state index contributed by atoms with van der Waals surface area (Å²) in [6, 6.07) is 1.94. The van der Waals surface area contributed by atoms with Crippen LogP contribution >= 0.6 is 0 Å². The predicted octanol–water partition coefficient (Wildman–Crippen LogP) is 1.38. The van der Waals surface area contributed by atoms with Gasteiger partial charge < -0.3 is 20.1 Å². The molecule has 0 saturated heterocycles. The van der Waals surface area contributed by atoms with Gasteiger partial charge in [-0.3, -0.25) is 4.99 Å². The smallest absolute Gasteiger partial charge is 0.117 e. The van der Waals surface area contributed by atoms with E-state index in [1.165, 1.54) is 0 Å². The quantitative estimate of drug-likeness (QED) is 0.740. The normalized spacial score (nSPS) is 20.1. The minimum Gasteiger partial charge on any atom is -0.396 e. The zero-order valence-electron chi connectivity index (χ0n) is 10.7. The van der Waals surface area contributed by atoms with Crippen LogP contribution in [0.2, 0.25) is 0 Å². The molecule has 5 heteroatoms. The van der Waals surface area contributed by atoms with Crippen molar-refractivity contribution in [3.05, 3.63) is 17.8 Å². The van der Waals surface area contributed by atoms with Crippen LogP contribution in [0.5, 0.6) is 0 Å². The maximum Gasteiger partial charge on any atom is 0.117 e. The first-order valence-corrected chi connectivity index (χ1v) is 6.49. The highest BCUT2D eigenvalue weighted by Gasteiger charge is 2.19. The number of hydrogen-bond donors (Lipinski definition) is 3. The van der Waals surface area contributed by atoms with Crippen LogP contribution in [0.1, 0.15) is 31.4 Å². The van der Waals surface area contributed by atoms with Gasteiger partial charge in [0, 0.05) is 24.9 Å². The molecule has 0 bridgehead atoms. The van der Waals surface area contributed by atoms with Crippen LogP contribution in [-0.2, 0) is 6.54 Å². The van der Waals surface area contributed by atoms with Crippen molar-refractivity contribution in [2.75, 3.05) is 18.5 Å². The van der Waals surface area contributed by atoms with Gasteiger partial charge in [0.25, 0.3) is 0 Å². The average molecular weight is 251 g/mol. The molecule has 1 aromatic heterocycles. The molecule has 1 aromatic rings. The number of aliphatic hydroxyl groups excluding tert-OH is 2. The molecule has 0 radical (unpaired) electrons. The SMILES string of the molecule is CC[C@H](CCO)Cn1ccc2c1NC=NCC2O. The largest absolute Gasteiger partial charge is 0.396 e. The Bertz CT molecular complexity index is 414. The third kappa shape index (κ3) is 2.73. The number of aromatic nitrogens is 1. The molecule has 0 spiro atoms. The number of fused-ring (bicyclic) bond motifs is 1. The summed E-state index contributed by atoms with van der Waals surface area (Å²) >= 11 is 0. The lowest BCUT2D eigenvalue weighted by Crippen LogP contribution is -2.14. The fourth-order valence-corrected chi connectivity index (χ4v) is 2.32. The molecule has 0 amide bonds. The number of nitrogens with zero attached hydrogens (tertiary/aromatic N) is 2. The minimum atomic E-state index is -0.537. The zero-order valence-corrected chi connectivity index (χ0v) is 10.7. The molecule has 5 nitrogen and oxygen atoms in total. The van der Waals surface area contributed by atoms with E-state index in [4.69, 9.17) is 5.11 Å². The van der Waals surface area contributed by atoms with E-state index in [1.54, 1.807) is 6.34 Å².